The number of benzene rings is 1. The summed E-state index contributed by atoms with van der Waals surface area (Å²) in [5.41, 5.74) is 0.0475. The molecular weight excluding hydrogens is 314 g/mol. The molecule has 0 radical (unpaired) electrons. The summed E-state index contributed by atoms with van der Waals surface area (Å²) >= 11 is 0. The van der Waals surface area contributed by atoms with Gasteiger partial charge in [0.15, 0.2) is 0 Å². The number of nitrogens with one attached hydrogen (secondary N) is 2. The van der Waals surface area contributed by atoms with Crippen LogP contribution in [0, 0.1) is 17.6 Å². The zero-order chi connectivity index (χ0) is 17.1. The molecule has 2 N–H and O–H groups in total. The Labute approximate surface area is 140 Å². The van der Waals surface area contributed by atoms with E-state index in [1.54, 1.807) is 0 Å². The SMILES string of the molecule is O=C(Cc1cc(F)ccc1F)N[C@H]1CCC[C@@H](C(=O)NC2CC2)C1. The van der Waals surface area contributed by atoms with Crippen molar-refractivity contribution < 1.29 is 18.4 Å². The predicted molar refractivity (Wildman–Crippen MR) is 85.1 cm³/mol. The summed E-state index contributed by atoms with van der Waals surface area (Å²) in [7, 11) is 0. The Balaban J connectivity index is 1.51. The lowest BCUT2D eigenvalue weighted by Crippen LogP contribution is -2.43. The van der Waals surface area contributed by atoms with Gasteiger partial charge in [0.05, 0.1) is 6.42 Å². The van der Waals surface area contributed by atoms with Gasteiger partial charge in [0.25, 0.3) is 0 Å². The van der Waals surface area contributed by atoms with E-state index in [0.29, 0.717) is 12.5 Å². The van der Waals surface area contributed by atoms with Crippen LogP contribution < -0.4 is 10.6 Å². The molecular formula is C18H22F2N2O2. The van der Waals surface area contributed by atoms with Crippen LogP contribution in [0.25, 0.3) is 0 Å². The van der Waals surface area contributed by atoms with Gasteiger partial charge in [-0.15, -0.1) is 0 Å². The van der Waals surface area contributed by atoms with Crippen molar-refractivity contribution in [3.8, 4) is 0 Å². The number of halogens is 2. The zero-order valence-corrected chi connectivity index (χ0v) is 13.5. The molecule has 4 nitrogen and oxygen atoms in total. The lowest BCUT2D eigenvalue weighted by molar-refractivity contribution is -0.127. The first-order chi connectivity index (χ1) is 11.5. The number of amides is 2. The van der Waals surface area contributed by atoms with Gasteiger partial charge in [-0.2, -0.15) is 0 Å². The van der Waals surface area contributed by atoms with Gasteiger partial charge < -0.3 is 10.6 Å². The van der Waals surface area contributed by atoms with Crippen molar-refractivity contribution in [3.63, 3.8) is 0 Å². The normalized spacial score (nSPS) is 23.6. The van der Waals surface area contributed by atoms with E-state index >= 15 is 0 Å². The van der Waals surface area contributed by atoms with Crippen molar-refractivity contribution in [2.75, 3.05) is 0 Å². The second-order valence-electron chi connectivity index (χ2n) is 6.82. The minimum absolute atomic E-state index is 0.0475. The van der Waals surface area contributed by atoms with Gasteiger partial charge in [0, 0.05) is 23.6 Å². The average molecular weight is 336 g/mol. The van der Waals surface area contributed by atoms with Crippen LogP contribution >= 0.6 is 0 Å². The first-order valence-corrected chi connectivity index (χ1v) is 8.55. The molecule has 0 spiro atoms. The van der Waals surface area contributed by atoms with Crippen LogP contribution in [0.15, 0.2) is 18.2 Å². The Morgan fingerprint density at radius 1 is 1.04 bits per heavy atom. The molecule has 2 amide bonds. The van der Waals surface area contributed by atoms with Crippen molar-refractivity contribution in [1.29, 1.82) is 0 Å². The smallest absolute Gasteiger partial charge is 0.224 e. The Hall–Kier alpha value is -1.98. The molecule has 2 saturated carbocycles. The van der Waals surface area contributed by atoms with Gasteiger partial charge in [-0.25, -0.2) is 8.78 Å². The van der Waals surface area contributed by atoms with Crippen molar-refractivity contribution in [3.05, 3.63) is 35.4 Å². The number of carbonyl (C=O) groups is 2. The molecule has 0 aromatic heterocycles. The van der Waals surface area contributed by atoms with Crippen LogP contribution in [-0.4, -0.2) is 23.9 Å². The Bertz CT molecular complexity index is 631. The fourth-order valence-corrected chi connectivity index (χ4v) is 3.24. The second kappa shape index (κ2) is 7.28. The highest BCUT2D eigenvalue weighted by atomic mass is 19.1. The molecule has 1 aromatic rings. The minimum atomic E-state index is -0.586. The summed E-state index contributed by atoms with van der Waals surface area (Å²) in [5, 5.41) is 5.87. The highest BCUT2D eigenvalue weighted by Gasteiger charge is 2.31. The Kier molecular flexibility index (Phi) is 5.11. The Morgan fingerprint density at radius 2 is 1.83 bits per heavy atom. The number of rotatable bonds is 5. The molecule has 2 atom stereocenters. The van der Waals surface area contributed by atoms with Crippen molar-refractivity contribution in [1.82, 2.24) is 10.6 Å². The third kappa shape index (κ3) is 4.52. The monoisotopic (exact) mass is 336 g/mol. The molecule has 2 fully saturated rings. The van der Waals surface area contributed by atoms with E-state index in [1.807, 2.05) is 0 Å². The first kappa shape index (κ1) is 16.9. The molecule has 0 aliphatic heterocycles. The van der Waals surface area contributed by atoms with Gasteiger partial charge in [0.2, 0.25) is 11.8 Å². The summed E-state index contributed by atoms with van der Waals surface area (Å²) in [5.74, 6) is -1.48. The lowest BCUT2D eigenvalue weighted by Gasteiger charge is -2.29. The van der Waals surface area contributed by atoms with E-state index < -0.39 is 11.6 Å². The maximum atomic E-state index is 13.6. The predicted octanol–water partition coefficient (Wildman–Crippen LogP) is 2.46. The average Bonchev–Trinajstić information content (AvgIpc) is 3.35. The summed E-state index contributed by atoms with van der Waals surface area (Å²) in [4.78, 5) is 24.2. The van der Waals surface area contributed by atoms with Gasteiger partial charge >= 0.3 is 0 Å². The topological polar surface area (TPSA) is 58.2 Å². The zero-order valence-electron chi connectivity index (χ0n) is 13.5. The van der Waals surface area contributed by atoms with Crippen molar-refractivity contribution >= 4 is 11.8 Å². The third-order valence-corrected chi connectivity index (χ3v) is 4.69. The maximum Gasteiger partial charge on any atom is 0.224 e. The van der Waals surface area contributed by atoms with E-state index in [2.05, 4.69) is 10.6 Å². The molecule has 24 heavy (non-hydrogen) atoms. The maximum absolute atomic E-state index is 13.6. The van der Waals surface area contributed by atoms with E-state index in [4.69, 9.17) is 0 Å². The number of hydrogen-bond acceptors (Lipinski definition) is 2. The van der Waals surface area contributed by atoms with Crippen molar-refractivity contribution in [2.24, 2.45) is 5.92 Å². The van der Waals surface area contributed by atoms with E-state index in [1.165, 1.54) is 0 Å². The van der Waals surface area contributed by atoms with Crippen LogP contribution in [0.2, 0.25) is 0 Å². The van der Waals surface area contributed by atoms with Crippen LogP contribution in [0.1, 0.15) is 44.1 Å². The highest BCUT2D eigenvalue weighted by molar-refractivity contribution is 5.80. The van der Waals surface area contributed by atoms with Gasteiger partial charge in [-0.3, -0.25) is 9.59 Å². The minimum Gasteiger partial charge on any atom is -0.353 e. The second-order valence-corrected chi connectivity index (χ2v) is 6.82. The van der Waals surface area contributed by atoms with Gasteiger partial charge in [-0.1, -0.05) is 6.42 Å². The number of carbonyl (C=O) groups excluding carboxylic acids is 2. The summed E-state index contributed by atoms with van der Waals surface area (Å²) in [6.07, 6.45) is 5.04. The van der Waals surface area contributed by atoms with Crippen LogP contribution in [-0.2, 0) is 16.0 Å². The summed E-state index contributed by atoms with van der Waals surface area (Å²) in [6.45, 7) is 0. The molecule has 0 bridgehead atoms. The van der Waals surface area contributed by atoms with Crippen molar-refractivity contribution in [2.45, 2.75) is 57.0 Å². The fourth-order valence-electron chi connectivity index (χ4n) is 3.24. The largest absolute Gasteiger partial charge is 0.353 e. The Morgan fingerprint density at radius 3 is 2.58 bits per heavy atom. The molecule has 3 rings (SSSR count). The molecule has 6 heteroatoms. The molecule has 2 aliphatic rings. The van der Waals surface area contributed by atoms with E-state index in [9.17, 15) is 18.4 Å². The van der Waals surface area contributed by atoms with Gasteiger partial charge in [-0.05, 0) is 50.3 Å². The molecule has 0 saturated heterocycles. The molecule has 130 valence electrons. The molecule has 0 unspecified atom stereocenters. The summed E-state index contributed by atoms with van der Waals surface area (Å²) < 4.78 is 26.8. The standard InChI is InChI=1S/C18H22F2N2O2/c19-13-4-7-16(20)12(8-13)10-17(23)21-15-3-1-2-11(9-15)18(24)22-14-5-6-14/h4,7-8,11,14-15H,1-3,5-6,9-10H2,(H,21,23)(H,22,24)/t11-,15+/m1/s1. The first-order valence-electron chi connectivity index (χ1n) is 8.55. The highest BCUT2D eigenvalue weighted by Crippen LogP contribution is 2.27. The van der Waals surface area contributed by atoms with Gasteiger partial charge in [0.1, 0.15) is 11.6 Å². The quantitative estimate of drug-likeness (QED) is 0.868. The van der Waals surface area contributed by atoms with Crippen LogP contribution in [0.5, 0.6) is 0 Å². The van der Waals surface area contributed by atoms with Crippen LogP contribution in [0.4, 0.5) is 8.78 Å². The molecule has 1 aromatic carbocycles. The van der Waals surface area contributed by atoms with Crippen LogP contribution in [0.3, 0.4) is 0 Å². The van der Waals surface area contributed by atoms with E-state index in [0.717, 1.165) is 50.3 Å². The number of hydrogen-bond donors (Lipinski definition) is 2. The fraction of sp³-hybridized carbons (Fsp3) is 0.556. The molecule has 2 aliphatic carbocycles. The lowest BCUT2D eigenvalue weighted by atomic mass is 9.85. The molecule has 0 heterocycles. The third-order valence-electron chi connectivity index (χ3n) is 4.69. The van der Waals surface area contributed by atoms with E-state index in [-0.39, 0.29) is 35.8 Å². The summed E-state index contributed by atoms with van der Waals surface area (Å²) in [6, 6.07) is 3.35.